The van der Waals surface area contributed by atoms with Crippen LogP contribution in [0, 0.1) is 0 Å². The van der Waals surface area contributed by atoms with Crippen molar-refractivity contribution in [3.63, 3.8) is 0 Å². The van der Waals surface area contributed by atoms with E-state index in [0.29, 0.717) is 0 Å². The van der Waals surface area contributed by atoms with Crippen LogP contribution in [0.15, 0.2) is 65.6 Å². The van der Waals surface area contributed by atoms with Crippen LogP contribution in [0.2, 0.25) is 0 Å². The topological polar surface area (TPSA) is 26.0 Å². The number of nitrogens with two attached hydrogens (primary N) is 1. The van der Waals surface area contributed by atoms with Crippen LogP contribution < -0.4 is 5.73 Å². The van der Waals surface area contributed by atoms with Crippen molar-refractivity contribution in [2.24, 2.45) is 0 Å². The Bertz CT molecular complexity index is 316. The molecule has 2 aromatic rings. The van der Waals surface area contributed by atoms with E-state index in [-0.39, 0.29) is 0 Å². The van der Waals surface area contributed by atoms with E-state index in [1.807, 2.05) is 60.7 Å². The molecule has 2 rings (SSSR count). The molecular weight excluding hydrogens is 190 g/mol. The number of hydrogen-bond acceptors (Lipinski definition) is 2. The zero-order valence-electron chi connectivity index (χ0n) is 7.80. The molecule has 0 heterocycles. The number of nitrogen functional groups attached to an aromatic ring is 1. The first-order chi connectivity index (χ1) is 6.79. The van der Waals surface area contributed by atoms with Crippen LogP contribution in [0.25, 0.3) is 0 Å². The Morgan fingerprint density at radius 3 is 1.57 bits per heavy atom. The summed E-state index contributed by atoms with van der Waals surface area (Å²) in [6.07, 6.45) is 0. The Kier molecular flexibility index (Phi) is 4.65. The molecule has 2 N–H and O–H groups in total. The largest absolute Gasteiger partial charge is 0.399 e. The van der Waals surface area contributed by atoms with Crippen molar-refractivity contribution in [1.29, 1.82) is 0 Å². The Morgan fingerprint density at radius 1 is 0.786 bits per heavy atom. The van der Waals surface area contributed by atoms with Gasteiger partial charge in [0.05, 0.1) is 0 Å². The van der Waals surface area contributed by atoms with Crippen LogP contribution in [0.5, 0.6) is 0 Å². The highest BCUT2D eigenvalue weighted by Crippen LogP contribution is 2.08. The van der Waals surface area contributed by atoms with Gasteiger partial charge in [-0.2, -0.15) is 0 Å². The number of hydrogen-bond donors (Lipinski definition) is 2. The normalized spacial score (nSPS) is 8.64. The average Bonchev–Trinajstić information content (AvgIpc) is 2.21. The van der Waals surface area contributed by atoms with Gasteiger partial charge < -0.3 is 5.73 Å². The number of rotatable bonds is 0. The summed E-state index contributed by atoms with van der Waals surface area (Å²) < 4.78 is 0. The summed E-state index contributed by atoms with van der Waals surface area (Å²) in [6, 6.07) is 19.4. The molecule has 0 radical (unpaired) electrons. The molecule has 0 aromatic heterocycles. The molecule has 0 aliphatic heterocycles. The molecule has 0 fully saturated rings. The second-order valence-electron chi connectivity index (χ2n) is 2.75. The Labute approximate surface area is 90.0 Å². The van der Waals surface area contributed by atoms with Crippen molar-refractivity contribution in [2.45, 2.75) is 4.90 Å². The molecular formula is C12H13NS. The van der Waals surface area contributed by atoms with Gasteiger partial charge in [0, 0.05) is 10.6 Å². The lowest BCUT2D eigenvalue weighted by molar-refractivity contribution is 1.48. The number of benzene rings is 2. The Hall–Kier alpha value is -1.41. The second-order valence-corrected chi connectivity index (χ2v) is 3.27. The van der Waals surface area contributed by atoms with Crippen molar-refractivity contribution in [2.75, 3.05) is 5.73 Å². The first-order valence-electron chi connectivity index (χ1n) is 4.33. The standard InChI is InChI=1S/C6H7NS.C6H6/c7-5-2-1-3-6(8)4-5;1-2-4-6-5-3-1/h1-4,8H,7H2;1-6H. The van der Waals surface area contributed by atoms with Gasteiger partial charge in [0.15, 0.2) is 0 Å². The summed E-state index contributed by atoms with van der Waals surface area (Å²) in [6.45, 7) is 0. The van der Waals surface area contributed by atoms with Crippen LogP contribution in [-0.2, 0) is 0 Å². The van der Waals surface area contributed by atoms with E-state index < -0.39 is 0 Å². The van der Waals surface area contributed by atoms with Crippen molar-refractivity contribution in [3.05, 3.63) is 60.7 Å². The highest BCUT2D eigenvalue weighted by Gasteiger charge is 1.82. The lowest BCUT2D eigenvalue weighted by Gasteiger charge is -1.90. The van der Waals surface area contributed by atoms with Crippen LogP contribution >= 0.6 is 12.6 Å². The maximum absolute atomic E-state index is 5.41. The molecule has 2 heteroatoms. The van der Waals surface area contributed by atoms with E-state index in [4.69, 9.17) is 5.73 Å². The molecule has 1 nitrogen and oxygen atoms in total. The molecule has 72 valence electrons. The van der Waals surface area contributed by atoms with Gasteiger partial charge in [-0.1, -0.05) is 42.5 Å². The highest BCUT2D eigenvalue weighted by molar-refractivity contribution is 7.80. The third kappa shape index (κ3) is 4.58. The van der Waals surface area contributed by atoms with Crippen LogP contribution in [0.4, 0.5) is 5.69 Å². The second kappa shape index (κ2) is 6.11. The Morgan fingerprint density at radius 2 is 1.29 bits per heavy atom. The Balaban J connectivity index is 0.000000146. The highest BCUT2D eigenvalue weighted by atomic mass is 32.1. The van der Waals surface area contributed by atoms with Crippen LogP contribution in [0.1, 0.15) is 0 Å². The molecule has 0 atom stereocenters. The van der Waals surface area contributed by atoms with Crippen molar-refractivity contribution < 1.29 is 0 Å². The molecule has 0 aliphatic carbocycles. The molecule has 14 heavy (non-hydrogen) atoms. The van der Waals surface area contributed by atoms with E-state index in [1.54, 1.807) is 0 Å². The van der Waals surface area contributed by atoms with Gasteiger partial charge in [-0.25, -0.2) is 0 Å². The van der Waals surface area contributed by atoms with E-state index >= 15 is 0 Å². The average molecular weight is 203 g/mol. The van der Waals surface area contributed by atoms with Gasteiger partial charge in [-0.05, 0) is 18.2 Å². The monoisotopic (exact) mass is 203 g/mol. The molecule has 0 amide bonds. The predicted octanol–water partition coefficient (Wildman–Crippen LogP) is 3.24. The lowest BCUT2D eigenvalue weighted by Crippen LogP contribution is -1.81. The third-order valence-electron chi connectivity index (χ3n) is 1.54. The molecule has 0 unspecified atom stereocenters. The summed E-state index contributed by atoms with van der Waals surface area (Å²) in [5.74, 6) is 0. The smallest absolute Gasteiger partial charge is 0.0325 e. The summed E-state index contributed by atoms with van der Waals surface area (Å²) in [7, 11) is 0. The van der Waals surface area contributed by atoms with Gasteiger partial charge >= 0.3 is 0 Å². The van der Waals surface area contributed by atoms with Gasteiger partial charge in [-0.3, -0.25) is 0 Å². The zero-order valence-corrected chi connectivity index (χ0v) is 8.69. The summed E-state index contributed by atoms with van der Waals surface area (Å²) in [4.78, 5) is 0.907. The molecule has 0 aliphatic rings. The summed E-state index contributed by atoms with van der Waals surface area (Å²) in [5, 5.41) is 0. The molecule has 0 spiro atoms. The summed E-state index contributed by atoms with van der Waals surface area (Å²) in [5.41, 5.74) is 6.17. The lowest BCUT2D eigenvalue weighted by atomic mass is 10.3. The van der Waals surface area contributed by atoms with Crippen molar-refractivity contribution >= 4 is 18.3 Å². The van der Waals surface area contributed by atoms with Gasteiger partial charge in [0.2, 0.25) is 0 Å². The minimum Gasteiger partial charge on any atom is -0.399 e. The molecule has 0 saturated heterocycles. The maximum atomic E-state index is 5.41. The van der Waals surface area contributed by atoms with E-state index in [2.05, 4.69) is 12.6 Å². The minimum absolute atomic E-state index is 0.762. The quantitative estimate of drug-likeness (QED) is 0.499. The maximum Gasteiger partial charge on any atom is 0.0325 e. The first kappa shape index (κ1) is 10.7. The zero-order chi connectivity index (χ0) is 10.2. The first-order valence-corrected chi connectivity index (χ1v) is 4.78. The fourth-order valence-corrected chi connectivity index (χ4v) is 1.14. The van der Waals surface area contributed by atoms with E-state index in [0.717, 1.165) is 10.6 Å². The van der Waals surface area contributed by atoms with Gasteiger partial charge in [0.25, 0.3) is 0 Å². The SMILES string of the molecule is Nc1cccc(S)c1.c1ccccc1. The van der Waals surface area contributed by atoms with Crippen LogP contribution in [-0.4, -0.2) is 0 Å². The van der Waals surface area contributed by atoms with Gasteiger partial charge in [0.1, 0.15) is 0 Å². The van der Waals surface area contributed by atoms with Crippen molar-refractivity contribution in [3.8, 4) is 0 Å². The van der Waals surface area contributed by atoms with E-state index in [9.17, 15) is 0 Å². The summed E-state index contributed by atoms with van der Waals surface area (Å²) >= 11 is 4.07. The fourth-order valence-electron chi connectivity index (χ4n) is 0.910. The van der Waals surface area contributed by atoms with E-state index in [1.165, 1.54) is 0 Å². The van der Waals surface area contributed by atoms with Gasteiger partial charge in [-0.15, -0.1) is 12.6 Å². The number of anilines is 1. The molecule has 0 bridgehead atoms. The van der Waals surface area contributed by atoms with Crippen molar-refractivity contribution in [1.82, 2.24) is 0 Å². The minimum atomic E-state index is 0.762. The third-order valence-corrected chi connectivity index (χ3v) is 1.82. The molecule has 2 aromatic carbocycles. The fraction of sp³-hybridized carbons (Fsp3) is 0. The predicted molar refractivity (Wildman–Crippen MR) is 64.5 cm³/mol. The van der Waals surface area contributed by atoms with Crippen LogP contribution in [0.3, 0.4) is 0 Å². The molecule has 0 saturated carbocycles. The number of thiol groups is 1.